The average Bonchev–Trinajstić information content (AvgIpc) is 2.63. The van der Waals surface area contributed by atoms with Gasteiger partial charge in [-0.2, -0.15) is 0 Å². The fourth-order valence-electron chi connectivity index (χ4n) is 3.37. The average molecular weight is 609 g/mol. The minimum Gasteiger partial charge on any atom is -0.420 e. The van der Waals surface area contributed by atoms with E-state index in [1.165, 1.54) is 31.7 Å². The Morgan fingerprint density at radius 1 is 0.432 bits per heavy atom. The first kappa shape index (κ1) is 37.9. The molecule has 0 aliphatic heterocycles. The molecule has 0 radical (unpaired) electrons. The molecule has 4 nitrogen and oxygen atoms in total. The van der Waals surface area contributed by atoms with Crippen LogP contribution >= 0.6 is 0 Å². The van der Waals surface area contributed by atoms with Crippen LogP contribution in [0.5, 0.6) is 0 Å². The van der Waals surface area contributed by atoms with E-state index in [-0.39, 0.29) is 15.1 Å². The van der Waals surface area contributed by atoms with Gasteiger partial charge in [0, 0.05) is 13.2 Å². The lowest BCUT2D eigenvalue weighted by Gasteiger charge is -2.52. The molecule has 0 rings (SSSR count). The Bertz CT molecular complexity index is 617. The highest BCUT2D eigenvalue weighted by Gasteiger charge is 2.57. The van der Waals surface area contributed by atoms with Crippen LogP contribution in [0.4, 0.5) is 0 Å². The Labute approximate surface area is 239 Å². The highest BCUT2D eigenvalue weighted by Crippen LogP contribution is 2.47. The molecule has 0 aliphatic carbocycles. The standard InChI is InChI=1S/C28H68O4Si5/c1-26(2,3)34(13,14)30-37(31-35(15,16)27(4,5)6,32-36(17,18)28(7,8)9)25-23-21-19-20-22-24-33(11,12)29-10/h19-25H2,1-18H3. The molecule has 0 spiro atoms. The summed E-state index contributed by atoms with van der Waals surface area (Å²) in [6, 6.07) is 2.19. The van der Waals surface area contributed by atoms with Crippen molar-refractivity contribution in [2.45, 2.75) is 174 Å². The summed E-state index contributed by atoms with van der Waals surface area (Å²) in [6.45, 7) is 39.9. The van der Waals surface area contributed by atoms with Gasteiger partial charge in [0.05, 0.1) is 0 Å². The maximum atomic E-state index is 7.43. The summed E-state index contributed by atoms with van der Waals surface area (Å²) in [5, 5.41) is 0.324. The Morgan fingerprint density at radius 3 is 0.973 bits per heavy atom. The van der Waals surface area contributed by atoms with Crippen molar-refractivity contribution >= 4 is 42.1 Å². The molecule has 224 valence electrons. The molecule has 0 atom stereocenters. The zero-order valence-electron chi connectivity index (χ0n) is 28.6. The first-order chi connectivity index (χ1) is 16.1. The van der Waals surface area contributed by atoms with Gasteiger partial charge < -0.3 is 16.8 Å². The minimum absolute atomic E-state index is 0.108. The molecule has 0 bridgehead atoms. The van der Waals surface area contributed by atoms with E-state index in [2.05, 4.69) is 115 Å². The normalized spacial score (nSPS) is 15.4. The van der Waals surface area contributed by atoms with Crippen LogP contribution in [0.1, 0.15) is 94.4 Å². The molecule has 0 fully saturated rings. The quantitative estimate of drug-likeness (QED) is 0.137. The predicted octanol–water partition coefficient (Wildman–Crippen LogP) is 10.8. The summed E-state index contributed by atoms with van der Waals surface area (Å²) in [5.74, 6) is 0. The van der Waals surface area contributed by atoms with E-state index in [0.717, 1.165) is 12.5 Å². The van der Waals surface area contributed by atoms with Crippen LogP contribution < -0.4 is 0 Å². The molecule has 0 amide bonds. The van der Waals surface area contributed by atoms with Crippen molar-refractivity contribution in [3.05, 3.63) is 0 Å². The summed E-state index contributed by atoms with van der Waals surface area (Å²) in [4.78, 5) is 0. The maximum Gasteiger partial charge on any atom is 0.469 e. The molecular weight excluding hydrogens is 541 g/mol. The van der Waals surface area contributed by atoms with Gasteiger partial charge in [-0.25, -0.2) is 0 Å². The van der Waals surface area contributed by atoms with Gasteiger partial charge in [-0.3, -0.25) is 0 Å². The first-order valence-electron chi connectivity index (χ1n) is 14.8. The van der Waals surface area contributed by atoms with Gasteiger partial charge in [-0.1, -0.05) is 88.0 Å². The molecular formula is C28H68O4Si5. The van der Waals surface area contributed by atoms with Crippen LogP contribution in [-0.4, -0.2) is 49.2 Å². The number of unbranched alkanes of at least 4 members (excludes halogenated alkanes) is 4. The molecule has 0 saturated carbocycles. The van der Waals surface area contributed by atoms with E-state index < -0.39 is 42.1 Å². The van der Waals surface area contributed by atoms with Crippen molar-refractivity contribution in [2.75, 3.05) is 7.11 Å². The monoisotopic (exact) mass is 608 g/mol. The van der Waals surface area contributed by atoms with Crippen molar-refractivity contribution < 1.29 is 16.8 Å². The zero-order chi connectivity index (χ0) is 29.8. The molecule has 37 heavy (non-hydrogen) atoms. The smallest absolute Gasteiger partial charge is 0.420 e. The van der Waals surface area contributed by atoms with E-state index in [4.69, 9.17) is 16.8 Å². The Hall–Kier alpha value is 0.924. The maximum absolute atomic E-state index is 7.43. The zero-order valence-corrected chi connectivity index (χ0v) is 33.6. The van der Waals surface area contributed by atoms with Crippen LogP contribution in [0.3, 0.4) is 0 Å². The highest BCUT2D eigenvalue weighted by molar-refractivity contribution is 6.92. The van der Waals surface area contributed by atoms with Crippen molar-refractivity contribution in [1.82, 2.24) is 0 Å². The van der Waals surface area contributed by atoms with Crippen molar-refractivity contribution in [2.24, 2.45) is 0 Å². The molecule has 0 aromatic carbocycles. The molecule has 0 N–H and O–H groups in total. The third-order valence-electron chi connectivity index (χ3n) is 9.46. The summed E-state index contributed by atoms with van der Waals surface area (Å²) >= 11 is 0. The summed E-state index contributed by atoms with van der Waals surface area (Å²) in [5.41, 5.74) is 0. The second kappa shape index (κ2) is 13.3. The molecule has 9 heteroatoms. The molecule has 0 aliphatic rings. The third kappa shape index (κ3) is 12.1. The number of hydrogen-bond acceptors (Lipinski definition) is 4. The fraction of sp³-hybridized carbons (Fsp3) is 1.00. The SMILES string of the molecule is CO[Si](C)(C)CCCCCCC[Si](O[Si](C)(C)C(C)(C)C)(O[Si](C)(C)C(C)(C)C)O[Si](C)(C)C(C)(C)C. The first-order valence-corrected chi connectivity index (χ1v) is 28.6. The van der Waals surface area contributed by atoms with Crippen LogP contribution in [-0.2, 0) is 16.8 Å². The Balaban J connectivity index is 6.11. The molecule has 0 heterocycles. The number of hydrogen-bond donors (Lipinski definition) is 0. The minimum atomic E-state index is -2.96. The summed E-state index contributed by atoms with van der Waals surface area (Å²) < 4.78 is 28.0. The summed E-state index contributed by atoms with van der Waals surface area (Å²) in [7, 11) is -8.89. The van der Waals surface area contributed by atoms with Crippen molar-refractivity contribution in [3.63, 3.8) is 0 Å². The Kier molecular flexibility index (Phi) is 13.6. The van der Waals surface area contributed by atoms with Crippen LogP contribution in [0.25, 0.3) is 0 Å². The van der Waals surface area contributed by atoms with Gasteiger partial charge >= 0.3 is 8.80 Å². The lowest BCUT2D eigenvalue weighted by atomic mass is 10.2. The lowest BCUT2D eigenvalue weighted by molar-refractivity contribution is 0.227. The molecule has 0 aromatic heterocycles. The molecule has 0 saturated heterocycles. The van der Waals surface area contributed by atoms with Crippen molar-refractivity contribution in [3.8, 4) is 0 Å². The second-order valence-corrected chi connectivity index (χ2v) is 38.8. The lowest BCUT2D eigenvalue weighted by Crippen LogP contribution is -2.65. The van der Waals surface area contributed by atoms with Crippen LogP contribution in [0, 0.1) is 0 Å². The number of rotatable bonds is 15. The third-order valence-corrected chi connectivity index (χ3v) is 33.8. The van der Waals surface area contributed by atoms with Gasteiger partial charge in [0.15, 0.2) is 33.3 Å². The van der Waals surface area contributed by atoms with E-state index in [1.54, 1.807) is 0 Å². The predicted molar refractivity (Wildman–Crippen MR) is 178 cm³/mol. The van der Waals surface area contributed by atoms with E-state index in [9.17, 15) is 0 Å². The summed E-state index contributed by atoms with van der Waals surface area (Å²) in [6.07, 6.45) is 6.15. The Morgan fingerprint density at radius 2 is 0.703 bits per heavy atom. The molecule has 0 unspecified atom stereocenters. The van der Waals surface area contributed by atoms with Crippen molar-refractivity contribution in [1.29, 1.82) is 0 Å². The highest BCUT2D eigenvalue weighted by atomic mass is 28.5. The topological polar surface area (TPSA) is 36.9 Å². The van der Waals surface area contributed by atoms with Gasteiger partial charge in [0.2, 0.25) is 0 Å². The van der Waals surface area contributed by atoms with Gasteiger partial charge in [0.1, 0.15) is 0 Å². The van der Waals surface area contributed by atoms with Crippen LogP contribution in [0.2, 0.25) is 79.6 Å². The van der Waals surface area contributed by atoms with Gasteiger partial charge in [-0.15, -0.1) is 0 Å². The fourth-order valence-corrected chi connectivity index (χ4v) is 21.2. The van der Waals surface area contributed by atoms with E-state index in [0.29, 0.717) is 0 Å². The van der Waals surface area contributed by atoms with Crippen LogP contribution in [0.15, 0.2) is 0 Å². The largest absolute Gasteiger partial charge is 0.469 e. The van der Waals surface area contributed by atoms with Gasteiger partial charge in [-0.05, 0) is 80.0 Å². The van der Waals surface area contributed by atoms with E-state index >= 15 is 0 Å². The molecule has 0 aromatic rings. The van der Waals surface area contributed by atoms with Gasteiger partial charge in [0.25, 0.3) is 0 Å². The van der Waals surface area contributed by atoms with E-state index in [1.807, 2.05) is 7.11 Å². The second-order valence-electron chi connectivity index (χ2n) is 16.5.